The average molecular weight is 222 g/mol. The summed E-state index contributed by atoms with van der Waals surface area (Å²) in [6.07, 6.45) is 0. The lowest BCUT2D eigenvalue weighted by Crippen LogP contribution is -2.00. The highest BCUT2D eigenvalue weighted by Crippen LogP contribution is 2.16. The Morgan fingerprint density at radius 1 is 1.47 bits per heavy atom. The second-order valence-corrected chi connectivity index (χ2v) is 4.10. The zero-order valence-electron chi connectivity index (χ0n) is 8.68. The Hall–Kier alpha value is -1.56. The first-order chi connectivity index (χ1) is 7.09. The molecule has 0 spiro atoms. The number of ketones is 1. The molecule has 2 aromatic rings. The molecule has 0 radical (unpaired) electrons. The number of hydrogen-bond acceptors (Lipinski definition) is 5. The SMILES string of the molecule is CC(=O)c1nnn(-c2nc(C)cs2)c1C. The molecule has 15 heavy (non-hydrogen) atoms. The number of Topliss-reactive ketones (excluding diaryl/α,β-unsaturated/α-hetero) is 1. The normalized spacial score (nSPS) is 10.6. The fraction of sp³-hybridized carbons (Fsp3) is 0.333. The quantitative estimate of drug-likeness (QED) is 0.723. The van der Waals surface area contributed by atoms with E-state index in [0.717, 1.165) is 16.5 Å². The van der Waals surface area contributed by atoms with Crippen LogP contribution >= 0.6 is 11.3 Å². The number of aromatic nitrogens is 4. The molecule has 0 aliphatic rings. The molecule has 0 atom stereocenters. The summed E-state index contributed by atoms with van der Waals surface area (Å²) in [5.41, 5.74) is 2.08. The van der Waals surface area contributed by atoms with Crippen LogP contribution in [-0.4, -0.2) is 25.8 Å². The van der Waals surface area contributed by atoms with Crippen molar-refractivity contribution in [3.05, 3.63) is 22.5 Å². The number of rotatable bonds is 2. The predicted octanol–water partition coefficient (Wildman–Crippen LogP) is 1.54. The molecule has 2 rings (SSSR count). The summed E-state index contributed by atoms with van der Waals surface area (Å²) >= 11 is 1.48. The minimum atomic E-state index is -0.0768. The third-order valence-electron chi connectivity index (χ3n) is 2.02. The van der Waals surface area contributed by atoms with E-state index in [9.17, 15) is 4.79 Å². The van der Waals surface area contributed by atoms with Crippen molar-refractivity contribution < 1.29 is 4.79 Å². The van der Waals surface area contributed by atoms with Gasteiger partial charge in [0, 0.05) is 12.3 Å². The van der Waals surface area contributed by atoms with Crippen LogP contribution in [0.15, 0.2) is 5.38 Å². The summed E-state index contributed by atoms with van der Waals surface area (Å²) in [6.45, 7) is 5.21. The number of hydrogen-bond donors (Lipinski definition) is 0. The maximum atomic E-state index is 11.2. The molecule has 0 aromatic carbocycles. The molecule has 0 bridgehead atoms. The molecule has 0 saturated carbocycles. The van der Waals surface area contributed by atoms with Crippen LogP contribution in [0.5, 0.6) is 0 Å². The lowest BCUT2D eigenvalue weighted by Gasteiger charge is -1.96. The minimum absolute atomic E-state index is 0.0768. The van der Waals surface area contributed by atoms with Crippen LogP contribution in [0.3, 0.4) is 0 Å². The van der Waals surface area contributed by atoms with Crippen molar-refractivity contribution in [1.29, 1.82) is 0 Å². The molecule has 2 heterocycles. The second-order valence-electron chi connectivity index (χ2n) is 3.26. The van der Waals surface area contributed by atoms with Gasteiger partial charge in [0.25, 0.3) is 0 Å². The van der Waals surface area contributed by atoms with E-state index in [4.69, 9.17) is 0 Å². The van der Waals surface area contributed by atoms with E-state index in [2.05, 4.69) is 15.3 Å². The summed E-state index contributed by atoms with van der Waals surface area (Å²) < 4.78 is 1.59. The monoisotopic (exact) mass is 222 g/mol. The van der Waals surface area contributed by atoms with Crippen molar-refractivity contribution in [3.63, 3.8) is 0 Å². The first-order valence-corrected chi connectivity index (χ1v) is 5.33. The molecule has 0 amide bonds. The highest BCUT2D eigenvalue weighted by atomic mass is 32.1. The van der Waals surface area contributed by atoms with Crippen LogP contribution in [0.25, 0.3) is 5.13 Å². The Morgan fingerprint density at radius 3 is 2.67 bits per heavy atom. The summed E-state index contributed by atoms with van der Waals surface area (Å²) in [6, 6.07) is 0. The molecule has 0 N–H and O–H groups in total. The van der Waals surface area contributed by atoms with Gasteiger partial charge in [-0.1, -0.05) is 5.21 Å². The van der Waals surface area contributed by atoms with Crippen LogP contribution in [0.1, 0.15) is 28.8 Å². The standard InChI is InChI=1S/C9H10N4OS/c1-5-4-15-9(10-5)13-6(2)8(7(3)14)11-12-13/h4H,1-3H3. The molecule has 6 heteroatoms. The Balaban J connectivity index is 2.50. The minimum Gasteiger partial charge on any atom is -0.293 e. The summed E-state index contributed by atoms with van der Waals surface area (Å²) in [5, 5.41) is 10.4. The first kappa shape index (κ1) is 9.97. The first-order valence-electron chi connectivity index (χ1n) is 4.45. The van der Waals surface area contributed by atoms with E-state index in [1.54, 1.807) is 4.68 Å². The molecule has 5 nitrogen and oxygen atoms in total. The van der Waals surface area contributed by atoms with E-state index in [1.807, 2.05) is 19.2 Å². The molecule has 0 unspecified atom stereocenters. The van der Waals surface area contributed by atoms with Gasteiger partial charge in [-0.3, -0.25) is 4.79 Å². The van der Waals surface area contributed by atoms with Crippen molar-refractivity contribution >= 4 is 17.1 Å². The third-order valence-corrected chi connectivity index (χ3v) is 2.95. The van der Waals surface area contributed by atoms with Crippen molar-refractivity contribution in [2.45, 2.75) is 20.8 Å². The molecule has 0 saturated heterocycles. The molecular formula is C9H10N4OS. The smallest absolute Gasteiger partial charge is 0.212 e. The number of carbonyl (C=O) groups excluding carboxylic acids is 1. The third kappa shape index (κ3) is 1.68. The second kappa shape index (κ2) is 3.54. The van der Waals surface area contributed by atoms with Gasteiger partial charge < -0.3 is 0 Å². The zero-order valence-corrected chi connectivity index (χ0v) is 9.50. The van der Waals surface area contributed by atoms with Crippen molar-refractivity contribution in [3.8, 4) is 5.13 Å². The van der Waals surface area contributed by atoms with Crippen LogP contribution in [0.2, 0.25) is 0 Å². The lowest BCUT2D eigenvalue weighted by atomic mass is 10.3. The zero-order chi connectivity index (χ0) is 11.0. The topological polar surface area (TPSA) is 60.7 Å². The van der Waals surface area contributed by atoms with E-state index in [0.29, 0.717) is 5.69 Å². The summed E-state index contributed by atoms with van der Waals surface area (Å²) in [4.78, 5) is 15.5. The van der Waals surface area contributed by atoms with E-state index in [-0.39, 0.29) is 5.78 Å². The van der Waals surface area contributed by atoms with Crippen LogP contribution < -0.4 is 0 Å². The summed E-state index contributed by atoms with van der Waals surface area (Å²) in [7, 11) is 0. The van der Waals surface area contributed by atoms with Gasteiger partial charge in [0.15, 0.2) is 11.5 Å². The largest absolute Gasteiger partial charge is 0.293 e. The molecule has 78 valence electrons. The van der Waals surface area contributed by atoms with Gasteiger partial charge in [-0.05, 0) is 13.8 Å². The maximum Gasteiger partial charge on any atom is 0.212 e. The van der Waals surface area contributed by atoms with Gasteiger partial charge in [0.05, 0.1) is 11.4 Å². The average Bonchev–Trinajstić information content (AvgIpc) is 2.71. The fourth-order valence-electron chi connectivity index (χ4n) is 1.27. The maximum absolute atomic E-state index is 11.2. The Morgan fingerprint density at radius 2 is 2.20 bits per heavy atom. The van der Waals surface area contributed by atoms with Gasteiger partial charge >= 0.3 is 0 Å². The fourth-order valence-corrected chi connectivity index (χ4v) is 2.07. The molecule has 2 aromatic heterocycles. The number of nitrogens with zero attached hydrogens (tertiary/aromatic N) is 4. The van der Waals surface area contributed by atoms with E-state index >= 15 is 0 Å². The van der Waals surface area contributed by atoms with Crippen molar-refractivity contribution in [2.24, 2.45) is 0 Å². The number of aryl methyl sites for hydroxylation is 1. The predicted molar refractivity (Wildman–Crippen MR) is 56.5 cm³/mol. The Kier molecular flexibility index (Phi) is 2.36. The Bertz CT molecular complexity index is 514. The highest BCUT2D eigenvalue weighted by Gasteiger charge is 2.14. The van der Waals surface area contributed by atoms with Crippen molar-refractivity contribution in [1.82, 2.24) is 20.0 Å². The lowest BCUT2D eigenvalue weighted by molar-refractivity contribution is 0.101. The van der Waals surface area contributed by atoms with Gasteiger partial charge in [-0.25, -0.2) is 4.98 Å². The van der Waals surface area contributed by atoms with Gasteiger partial charge in [-0.2, -0.15) is 4.68 Å². The van der Waals surface area contributed by atoms with Crippen LogP contribution in [0, 0.1) is 13.8 Å². The van der Waals surface area contributed by atoms with Crippen LogP contribution in [0.4, 0.5) is 0 Å². The van der Waals surface area contributed by atoms with Gasteiger partial charge in [0.2, 0.25) is 5.13 Å². The molecular weight excluding hydrogens is 212 g/mol. The number of carbonyl (C=O) groups is 1. The molecule has 0 fully saturated rings. The van der Waals surface area contributed by atoms with E-state index in [1.165, 1.54) is 18.3 Å². The molecule has 0 aliphatic heterocycles. The summed E-state index contributed by atoms with van der Waals surface area (Å²) in [5.74, 6) is -0.0768. The highest BCUT2D eigenvalue weighted by molar-refractivity contribution is 7.12. The Labute approximate surface area is 90.8 Å². The number of thiazole rings is 1. The van der Waals surface area contributed by atoms with Crippen LogP contribution in [-0.2, 0) is 0 Å². The van der Waals surface area contributed by atoms with Gasteiger partial charge in [-0.15, -0.1) is 16.4 Å². The van der Waals surface area contributed by atoms with Gasteiger partial charge in [0.1, 0.15) is 0 Å². The van der Waals surface area contributed by atoms with E-state index < -0.39 is 0 Å². The molecule has 0 aliphatic carbocycles. The van der Waals surface area contributed by atoms with Crippen molar-refractivity contribution in [2.75, 3.05) is 0 Å².